The van der Waals surface area contributed by atoms with Crippen molar-refractivity contribution < 1.29 is 26.3 Å². The molecule has 1 aromatic heterocycles. The third kappa shape index (κ3) is 4.80. The maximum atomic E-state index is 12.6. The Morgan fingerprint density at radius 1 is 1.24 bits per heavy atom. The summed E-state index contributed by atoms with van der Waals surface area (Å²) < 4.78 is 74.3. The Morgan fingerprint density at radius 3 is 2.24 bits per heavy atom. The highest BCUT2D eigenvalue weighted by Gasteiger charge is 2.34. The summed E-state index contributed by atoms with van der Waals surface area (Å²) in [4.78, 5) is 4.17. The van der Waals surface area contributed by atoms with Gasteiger partial charge in [0, 0.05) is 13.6 Å². The first-order valence-corrected chi connectivity index (χ1v) is 5.62. The number of hydrogen-bond acceptors (Lipinski definition) is 3. The summed E-state index contributed by atoms with van der Waals surface area (Å²) in [5.74, 6) is -0.994. The summed E-state index contributed by atoms with van der Waals surface area (Å²) in [6, 6.07) is 1.54. The average molecular weight is 314 g/mol. The number of halogens is 6. The Hall–Kier alpha value is -2.00. The SMILES string of the molecule is CN(CCC(F)(F)F)c1nc(C(F)(F)F)ccc1C(=N)N. The van der Waals surface area contributed by atoms with Gasteiger partial charge >= 0.3 is 12.4 Å². The molecule has 0 aliphatic rings. The molecule has 0 saturated heterocycles. The number of nitrogens with one attached hydrogen (secondary N) is 1. The lowest BCUT2D eigenvalue weighted by atomic mass is 10.2. The Labute approximate surface area is 116 Å². The van der Waals surface area contributed by atoms with Gasteiger partial charge < -0.3 is 10.6 Å². The van der Waals surface area contributed by atoms with Crippen molar-refractivity contribution in [2.75, 3.05) is 18.5 Å². The topological polar surface area (TPSA) is 66.0 Å². The number of nitrogen functional groups attached to an aromatic ring is 1. The van der Waals surface area contributed by atoms with Crippen LogP contribution in [0.3, 0.4) is 0 Å². The van der Waals surface area contributed by atoms with Crippen molar-refractivity contribution in [2.24, 2.45) is 5.73 Å². The van der Waals surface area contributed by atoms with E-state index in [1.165, 1.54) is 0 Å². The molecular formula is C11H12F6N4. The first-order valence-electron chi connectivity index (χ1n) is 5.62. The smallest absolute Gasteiger partial charge is 0.384 e. The van der Waals surface area contributed by atoms with Crippen LogP contribution in [0.15, 0.2) is 12.1 Å². The number of anilines is 1. The molecule has 0 unspecified atom stereocenters. The zero-order valence-corrected chi connectivity index (χ0v) is 10.8. The minimum atomic E-state index is -4.74. The number of hydrogen-bond donors (Lipinski definition) is 2. The Balaban J connectivity index is 3.14. The van der Waals surface area contributed by atoms with Gasteiger partial charge in [0.25, 0.3) is 0 Å². The zero-order valence-electron chi connectivity index (χ0n) is 10.8. The fourth-order valence-electron chi connectivity index (χ4n) is 1.51. The summed E-state index contributed by atoms with van der Waals surface area (Å²) in [6.45, 7) is -0.599. The molecule has 3 N–H and O–H groups in total. The van der Waals surface area contributed by atoms with E-state index < -0.39 is 42.7 Å². The van der Waals surface area contributed by atoms with Crippen LogP contribution in [-0.2, 0) is 6.18 Å². The number of pyridine rings is 1. The van der Waals surface area contributed by atoms with Gasteiger partial charge in [0.15, 0.2) is 0 Å². The van der Waals surface area contributed by atoms with Gasteiger partial charge in [-0.25, -0.2) is 4.98 Å². The van der Waals surface area contributed by atoms with Crippen molar-refractivity contribution in [2.45, 2.75) is 18.8 Å². The van der Waals surface area contributed by atoms with Crippen LogP contribution in [0.25, 0.3) is 0 Å². The third-order valence-corrected chi connectivity index (χ3v) is 2.55. The molecule has 1 heterocycles. The fourth-order valence-corrected chi connectivity index (χ4v) is 1.51. The second kappa shape index (κ2) is 5.78. The number of nitrogens with two attached hydrogens (primary N) is 1. The molecule has 0 atom stereocenters. The average Bonchev–Trinajstić information content (AvgIpc) is 2.33. The first-order chi connectivity index (χ1) is 9.42. The largest absolute Gasteiger partial charge is 0.433 e. The molecule has 0 spiro atoms. The van der Waals surface area contributed by atoms with Crippen molar-refractivity contribution in [1.82, 2.24) is 4.98 Å². The molecule has 1 aromatic rings. The van der Waals surface area contributed by atoms with Crippen molar-refractivity contribution in [1.29, 1.82) is 5.41 Å². The van der Waals surface area contributed by atoms with E-state index in [0.29, 0.717) is 6.07 Å². The van der Waals surface area contributed by atoms with E-state index in [1.807, 2.05) is 0 Å². The molecule has 0 aromatic carbocycles. The van der Waals surface area contributed by atoms with E-state index in [-0.39, 0.29) is 5.56 Å². The number of amidine groups is 1. The van der Waals surface area contributed by atoms with Crippen LogP contribution in [0.2, 0.25) is 0 Å². The summed E-state index contributed by atoms with van der Waals surface area (Å²) in [5.41, 5.74) is 3.78. The molecular weight excluding hydrogens is 302 g/mol. The van der Waals surface area contributed by atoms with Gasteiger partial charge in [-0.3, -0.25) is 5.41 Å². The first kappa shape index (κ1) is 17.1. The summed E-state index contributed by atoms with van der Waals surface area (Å²) in [6.07, 6.45) is -10.4. The molecule has 0 radical (unpaired) electrons. The van der Waals surface area contributed by atoms with Crippen LogP contribution >= 0.6 is 0 Å². The van der Waals surface area contributed by atoms with Crippen LogP contribution in [0.5, 0.6) is 0 Å². The molecule has 21 heavy (non-hydrogen) atoms. The van der Waals surface area contributed by atoms with Gasteiger partial charge in [0.2, 0.25) is 0 Å². The third-order valence-electron chi connectivity index (χ3n) is 2.55. The van der Waals surface area contributed by atoms with Crippen molar-refractivity contribution in [3.05, 3.63) is 23.4 Å². The normalized spacial score (nSPS) is 12.3. The van der Waals surface area contributed by atoms with Crippen molar-refractivity contribution >= 4 is 11.7 Å². The van der Waals surface area contributed by atoms with E-state index in [1.54, 1.807) is 0 Å². The lowest BCUT2D eigenvalue weighted by Crippen LogP contribution is -2.28. The van der Waals surface area contributed by atoms with E-state index in [0.717, 1.165) is 18.0 Å². The summed E-state index contributed by atoms with van der Waals surface area (Å²) in [7, 11) is 1.15. The number of rotatable bonds is 4. The van der Waals surface area contributed by atoms with Crippen molar-refractivity contribution in [3.8, 4) is 0 Å². The Morgan fingerprint density at radius 2 is 1.81 bits per heavy atom. The van der Waals surface area contributed by atoms with Crippen LogP contribution in [-0.4, -0.2) is 30.6 Å². The van der Waals surface area contributed by atoms with Crippen molar-refractivity contribution in [3.63, 3.8) is 0 Å². The number of aromatic nitrogens is 1. The standard InChI is InChI=1S/C11H12F6N4/c1-21(5-4-10(12,13)14)9-6(8(18)19)2-3-7(20-9)11(15,16)17/h2-3H,4-5H2,1H3,(H3,18,19). The molecule has 118 valence electrons. The van der Waals surface area contributed by atoms with E-state index in [9.17, 15) is 26.3 Å². The van der Waals surface area contributed by atoms with Crippen LogP contribution in [0, 0.1) is 5.41 Å². The van der Waals surface area contributed by atoms with E-state index in [4.69, 9.17) is 11.1 Å². The Bertz CT molecular complexity index is 522. The molecule has 4 nitrogen and oxygen atoms in total. The molecule has 1 rings (SSSR count). The predicted molar refractivity (Wildman–Crippen MR) is 64.2 cm³/mol. The van der Waals surface area contributed by atoms with Gasteiger partial charge in [0.05, 0.1) is 12.0 Å². The fraction of sp³-hybridized carbons (Fsp3) is 0.455. The molecule has 0 aliphatic carbocycles. The van der Waals surface area contributed by atoms with Gasteiger partial charge in [-0.1, -0.05) is 0 Å². The van der Waals surface area contributed by atoms with Gasteiger partial charge in [-0.2, -0.15) is 26.3 Å². The van der Waals surface area contributed by atoms with Crippen LogP contribution < -0.4 is 10.6 Å². The predicted octanol–water partition coefficient (Wildman–Crippen LogP) is 2.77. The van der Waals surface area contributed by atoms with Gasteiger partial charge in [-0.15, -0.1) is 0 Å². The lowest BCUT2D eigenvalue weighted by Gasteiger charge is -2.22. The quantitative estimate of drug-likeness (QED) is 0.510. The number of alkyl halides is 6. The molecule has 10 heteroatoms. The molecule has 0 bridgehead atoms. The second-order valence-corrected chi connectivity index (χ2v) is 4.27. The lowest BCUT2D eigenvalue weighted by molar-refractivity contribution is -0.141. The van der Waals surface area contributed by atoms with Gasteiger partial charge in [0.1, 0.15) is 17.3 Å². The molecule has 0 aliphatic heterocycles. The molecule has 0 saturated carbocycles. The molecule has 0 fully saturated rings. The van der Waals surface area contributed by atoms with E-state index in [2.05, 4.69) is 4.98 Å². The Kier molecular flexibility index (Phi) is 4.69. The maximum Gasteiger partial charge on any atom is 0.433 e. The highest BCUT2D eigenvalue weighted by Crippen LogP contribution is 2.30. The van der Waals surface area contributed by atoms with Crippen LogP contribution in [0.4, 0.5) is 32.2 Å². The van der Waals surface area contributed by atoms with E-state index >= 15 is 0 Å². The summed E-state index contributed by atoms with van der Waals surface area (Å²) in [5, 5.41) is 7.26. The second-order valence-electron chi connectivity index (χ2n) is 4.27. The monoisotopic (exact) mass is 314 g/mol. The highest BCUT2D eigenvalue weighted by molar-refractivity contribution is 5.99. The summed E-state index contributed by atoms with van der Waals surface area (Å²) >= 11 is 0. The van der Waals surface area contributed by atoms with Crippen LogP contribution in [0.1, 0.15) is 17.7 Å². The minimum absolute atomic E-state index is 0.160. The maximum absolute atomic E-state index is 12.6. The molecule has 0 amide bonds. The highest BCUT2D eigenvalue weighted by atomic mass is 19.4. The number of nitrogens with zero attached hydrogens (tertiary/aromatic N) is 2. The minimum Gasteiger partial charge on any atom is -0.384 e. The van der Waals surface area contributed by atoms with Gasteiger partial charge in [-0.05, 0) is 12.1 Å². The zero-order chi connectivity index (χ0) is 16.4.